The van der Waals surface area contributed by atoms with Crippen LogP contribution in [0.2, 0.25) is 0 Å². The number of carbonyl (C=O) groups is 1. The predicted molar refractivity (Wildman–Crippen MR) is 75.9 cm³/mol. The quantitative estimate of drug-likeness (QED) is 0.842. The Bertz CT molecular complexity index is 500. The molecule has 2 aliphatic heterocycles. The average Bonchev–Trinajstić information content (AvgIpc) is 2.79. The monoisotopic (exact) mass is 278 g/mol. The molecule has 6 nitrogen and oxygen atoms in total. The van der Waals surface area contributed by atoms with Gasteiger partial charge in [0.2, 0.25) is 5.95 Å². The molecule has 1 fully saturated rings. The van der Waals surface area contributed by atoms with E-state index in [4.69, 9.17) is 4.74 Å². The largest absolute Gasteiger partial charge is 0.369 e. The Morgan fingerprint density at radius 2 is 2.35 bits per heavy atom. The molecule has 0 spiro atoms. The molecule has 1 saturated heterocycles. The summed E-state index contributed by atoms with van der Waals surface area (Å²) in [6.45, 7) is 9.11. The molecule has 3 heterocycles. The van der Waals surface area contributed by atoms with Gasteiger partial charge >= 0.3 is 0 Å². The molecule has 1 unspecified atom stereocenters. The van der Waals surface area contributed by atoms with Crippen LogP contribution in [0.15, 0.2) is 6.20 Å². The zero-order valence-corrected chi connectivity index (χ0v) is 12.3. The molecule has 2 aliphatic rings. The normalized spacial score (nSPS) is 24.9. The van der Waals surface area contributed by atoms with E-state index in [1.807, 2.05) is 36.4 Å². The zero-order chi connectivity index (χ0) is 14.3. The number of nitrogens with one attached hydrogen (secondary N) is 1. The Labute approximate surface area is 119 Å². The van der Waals surface area contributed by atoms with E-state index in [-0.39, 0.29) is 17.6 Å². The van der Waals surface area contributed by atoms with E-state index < -0.39 is 0 Å². The number of anilines is 1. The molecule has 1 atom stereocenters. The highest BCUT2D eigenvalue weighted by molar-refractivity contribution is 5.92. The number of ether oxygens (including phenoxy) is 1. The van der Waals surface area contributed by atoms with Gasteiger partial charge in [-0.05, 0) is 27.2 Å². The molecule has 6 heteroatoms. The van der Waals surface area contributed by atoms with Crippen molar-refractivity contribution in [3.05, 3.63) is 11.9 Å². The molecule has 3 rings (SSSR count). The standard InChI is InChI=1S/C14H22N4O2/c1-10-7-18(9-14(2,3)20-10)12(19)11-8-17-6-4-5-15-13(17)16-11/h8,10H,4-7,9H2,1-3H3,(H,15,16). The van der Waals surface area contributed by atoms with Crippen LogP contribution >= 0.6 is 0 Å². The third kappa shape index (κ3) is 2.52. The number of hydrogen-bond donors (Lipinski definition) is 1. The first kappa shape index (κ1) is 13.4. The summed E-state index contributed by atoms with van der Waals surface area (Å²) in [5.41, 5.74) is 0.226. The van der Waals surface area contributed by atoms with E-state index in [0.717, 1.165) is 25.5 Å². The lowest BCUT2D eigenvalue weighted by atomic mass is 10.1. The molecule has 1 N–H and O–H groups in total. The van der Waals surface area contributed by atoms with Gasteiger partial charge < -0.3 is 19.5 Å². The fourth-order valence-corrected chi connectivity index (χ4v) is 3.05. The molecule has 0 aromatic carbocycles. The second-order valence-electron chi connectivity index (χ2n) is 6.30. The van der Waals surface area contributed by atoms with Gasteiger partial charge in [0.05, 0.1) is 11.7 Å². The predicted octanol–water partition coefficient (Wildman–Crippen LogP) is 1.34. The fourth-order valence-electron chi connectivity index (χ4n) is 3.05. The van der Waals surface area contributed by atoms with Crippen molar-refractivity contribution < 1.29 is 9.53 Å². The zero-order valence-electron chi connectivity index (χ0n) is 12.3. The van der Waals surface area contributed by atoms with Gasteiger partial charge in [-0.1, -0.05) is 0 Å². The number of amides is 1. The van der Waals surface area contributed by atoms with Crippen LogP contribution in [0.1, 0.15) is 37.7 Å². The number of nitrogens with zero attached hydrogens (tertiary/aromatic N) is 3. The van der Waals surface area contributed by atoms with Crippen molar-refractivity contribution in [3.8, 4) is 0 Å². The average molecular weight is 278 g/mol. The van der Waals surface area contributed by atoms with Crippen molar-refractivity contribution in [1.29, 1.82) is 0 Å². The summed E-state index contributed by atoms with van der Waals surface area (Å²) in [4.78, 5) is 18.9. The van der Waals surface area contributed by atoms with Gasteiger partial charge in [-0.3, -0.25) is 4.79 Å². The third-order valence-electron chi connectivity index (χ3n) is 3.71. The van der Waals surface area contributed by atoms with Crippen LogP contribution in [-0.2, 0) is 11.3 Å². The van der Waals surface area contributed by atoms with Crippen molar-refractivity contribution in [2.24, 2.45) is 0 Å². The Morgan fingerprint density at radius 1 is 1.55 bits per heavy atom. The third-order valence-corrected chi connectivity index (χ3v) is 3.71. The van der Waals surface area contributed by atoms with Crippen LogP contribution in [0, 0.1) is 0 Å². The maximum absolute atomic E-state index is 12.6. The van der Waals surface area contributed by atoms with Gasteiger partial charge in [-0.2, -0.15) is 0 Å². The second-order valence-corrected chi connectivity index (χ2v) is 6.30. The fraction of sp³-hybridized carbons (Fsp3) is 0.714. The van der Waals surface area contributed by atoms with Gasteiger partial charge in [-0.25, -0.2) is 4.98 Å². The molecule has 1 aromatic rings. The summed E-state index contributed by atoms with van der Waals surface area (Å²) in [6.07, 6.45) is 2.98. The minimum absolute atomic E-state index is 0.00285. The van der Waals surface area contributed by atoms with E-state index in [0.29, 0.717) is 18.8 Å². The molecule has 0 radical (unpaired) electrons. The molecule has 1 amide bonds. The molecule has 20 heavy (non-hydrogen) atoms. The summed E-state index contributed by atoms with van der Waals surface area (Å²) >= 11 is 0. The molecule has 1 aromatic heterocycles. The van der Waals surface area contributed by atoms with Gasteiger partial charge in [0, 0.05) is 32.4 Å². The molecular formula is C14H22N4O2. The van der Waals surface area contributed by atoms with E-state index in [2.05, 4.69) is 10.3 Å². The van der Waals surface area contributed by atoms with Crippen LogP contribution in [0.25, 0.3) is 0 Å². The smallest absolute Gasteiger partial charge is 0.274 e. The minimum Gasteiger partial charge on any atom is -0.369 e. The van der Waals surface area contributed by atoms with E-state index >= 15 is 0 Å². The number of morpholine rings is 1. The van der Waals surface area contributed by atoms with Crippen molar-refractivity contribution in [2.75, 3.05) is 25.0 Å². The van der Waals surface area contributed by atoms with Crippen molar-refractivity contribution in [1.82, 2.24) is 14.5 Å². The van der Waals surface area contributed by atoms with Crippen LogP contribution in [0.3, 0.4) is 0 Å². The van der Waals surface area contributed by atoms with E-state index in [1.165, 1.54) is 0 Å². The molecule has 0 aliphatic carbocycles. The van der Waals surface area contributed by atoms with Crippen LogP contribution < -0.4 is 5.32 Å². The van der Waals surface area contributed by atoms with E-state index in [9.17, 15) is 4.79 Å². The number of carbonyl (C=O) groups excluding carboxylic acids is 1. The van der Waals surface area contributed by atoms with E-state index in [1.54, 1.807) is 0 Å². The van der Waals surface area contributed by atoms with Crippen molar-refractivity contribution in [2.45, 2.75) is 45.4 Å². The molecule has 0 bridgehead atoms. The number of rotatable bonds is 1. The van der Waals surface area contributed by atoms with Gasteiger partial charge in [0.15, 0.2) is 0 Å². The molecule has 0 saturated carbocycles. The van der Waals surface area contributed by atoms with Gasteiger partial charge in [0.25, 0.3) is 5.91 Å². The van der Waals surface area contributed by atoms with Crippen LogP contribution in [0.4, 0.5) is 5.95 Å². The Kier molecular flexibility index (Phi) is 3.20. The summed E-state index contributed by atoms with van der Waals surface area (Å²) in [7, 11) is 0. The van der Waals surface area contributed by atoms with Crippen LogP contribution in [-0.4, -0.2) is 51.7 Å². The van der Waals surface area contributed by atoms with Crippen molar-refractivity contribution >= 4 is 11.9 Å². The summed E-state index contributed by atoms with van der Waals surface area (Å²) < 4.78 is 7.86. The number of imidazole rings is 1. The summed E-state index contributed by atoms with van der Waals surface area (Å²) in [6, 6.07) is 0. The SMILES string of the molecule is CC1CN(C(=O)c2cn3c(n2)NCCC3)CC(C)(C)O1. The number of aryl methyl sites for hydroxylation is 1. The lowest BCUT2D eigenvalue weighted by molar-refractivity contribution is -0.118. The lowest BCUT2D eigenvalue weighted by Crippen LogP contribution is -2.53. The highest BCUT2D eigenvalue weighted by Crippen LogP contribution is 2.23. The first-order valence-electron chi connectivity index (χ1n) is 7.23. The highest BCUT2D eigenvalue weighted by atomic mass is 16.5. The first-order chi connectivity index (χ1) is 9.44. The second kappa shape index (κ2) is 4.77. The first-order valence-corrected chi connectivity index (χ1v) is 7.23. The van der Waals surface area contributed by atoms with Gasteiger partial charge in [-0.15, -0.1) is 0 Å². The lowest BCUT2D eigenvalue weighted by Gasteiger charge is -2.41. The topological polar surface area (TPSA) is 59.4 Å². The maximum atomic E-state index is 12.6. The number of fused-ring (bicyclic) bond motifs is 1. The Balaban J connectivity index is 1.79. The Hall–Kier alpha value is -1.56. The van der Waals surface area contributed by atoms with Crippen LogP contribution in [0.5, 0.6) is 0 Å². The molecular weight excluding hydrogens is 256 g/mol. The Morgan fingerprint density at radius 3 is 3.05 bits per heavy atom. The molecule has 110 valence electrons. The minimum atomic E-state index is -0.301. The summed E-state index contributed by atoms with van der Waals surface area (Å²) in [5.74, 6) is 0.803. The number of aromatic nitrogens is 2. The highest BCUT2D eigenvalue weighted by Gasteiger charge is 2.35. The van der Waals surface area contributed by atoms with Crippen molar-refractivity contribution in [3.63, 3.8) is 0 Å². The number of hydrogen-bond acceptors (Lipinski definition) is 4. The summed E-state index contributed by atoms with van der Waals surface area (Å²) in [5, 5.41) is 3.22. The maximum Gasteiger partial charge on any atom is 0.274 e. The van der Waals surface area contributed by atoms with Gasteiger partial charge in [0.1, 0.15) is 5.69 Å².